The third-order valence-corrected chi connectivity index (χ3v) is 7.50. The molecule has 1 aromatic heterocycles. The van der Waals surface area contributed by atoms with Crippen molar-refractivity contribution >= 4 is 17.3 Å². The van der Waals surface area contributed by atoms with E-state index in [1.807, 2.05) is 12.1 Å². The summed E-state index contributed by atoms with van der Waals surface area (Å²) in [4.78, 5) is 16.8. The summed E-state index contributed by atoms with van der Waals surface area (Å²) in [6, 6.07) is 9.02. The molecule has 1 atom stereocenters. The van der Waals surface area contributed by atoms with E-state index in [0.29, 0.717) is 54.0 Å². The highest BCUT2D eigenvalue weighted by atomic mass is 32.1. The van der Waals surface area contributed by atoms with Crippen molar-refractivity contribution in [2.75, 3.05) is 42.7 Å². The van der Waals surface area contributed by atoms with E-state index in [4.69, 9.17) is 33.2 Å². The van der Waals surface area contributed by atoms with E-state index < -0.39 is 6.04 Å². The van der Waals surface area contributed by atoms with E-state index in [0.717, 1.165) is 11.1 Å². The topological polar surface area (TPSA) is 84.9 Å². The molecule has 4 rings (SSSR count). The number of hydrogen-bond donors (Lipinski definition) is 0. The van der Waals surface area contributed by atoms with Crippen molar-refractivity contribution in [1.82, 2.24) is 4.90 Å². The third-order valence-electron chi connectivity index (χ3n) is 6.52. The Morgan fingerprint density at radius 1 is 0.816 bits per heavy atom. The van der Waals surface area contributed by atoms with Crippen LogP contribution in [0.15, 0.2) is 35.7 Å². The first-order valence-electron chi connectivity index (χ1n) is 12.0. The van der Waals surface area contributed by atoms with E-state index in [-0.39, 0.29) is 12.6 Å². The van der Waals surface area contributed by atoms with Gasteiger partial charge in [-0.3, -0.25) is 9.69 Å². The zero-order valence-corrected chi connectivity index (χ0v) is 23.3. The van der Waals surface area contributed by atoms with Gasteiger partial charge in [0.05, 0.1) is 42.7 Å². The predicted molar refractivity (Wildman–Crippen MR) is 143 cm³/mol. The van der Waals surface area contributed by atoms with Gasteiger partial charge >= 0.3 is 5.97 Å². The first kappa shape index (κ1) is 27.4. The van der Waals surface area contributed by atoms with Gasteiger partial charge in [0, 0.05) is 24.4 Å². The molecule has 2 heterocycles. The second-order valence-corrected chi connectivity index (χ2v) is 9.67. The summed E-state index contributed by atoms with van der Waals surface area (Å²) in [5.74, 6) is 2.85. The Balaban J connectivity index is 1.56. The third kappa shape index (κ3) is 5.61. The molecule has 2 aromatic carbocycles. The van der Waals surface area contributed by atoms with Crippen LogP contribution in [0.3, 0.4) is 0 Å². The number of nitrogens with zero attached hydrogens (tertiary/aromatic N) is 1. The van der Waals surface area contributed by atoms with E-state index >= 15 is 0 Å². The minimum Gasteiger partial charge on any atom is -0.493 e. The highest BCUT2D eigenvalue weighted by Gasteiger charge is 2.34. The molecule has 0 radical (unpaired) electrons. The van der Waals surface area contributed by atoms with Crippen molar-refractivity contribution < 1.29 is 38.0 Å². The second kappa shape index (κ2) is 12.3. The van der Waals surface area contributed by atoms with Gasteiger partial charge in [-0.05, 0) is 52.4 Å². The summed E-state index contributed by atoms with van der Waals surface area (Å²) >= 11 is 1.66. The fourth-order valence-electron chi connectivity index (χ4n) is 4.65. The van der Waals surface area contributed by atoms with Gasteiger partial charge in [0.2, 0.25) is 11.5 Å². The van der Waals surface area contributed by atoms with E-state index in [1.165, 1.54) is 10.4 Å². The van der Waals surface area contributed by atoms with E-state index in [1.54, 1.807) is 66.1 Å². The molecule has 204 valence electrons. The van der Waals surface area contributed by atoms with Gasteiger partial charge in [-0.2, -0.15) is 0 Å². The summed E-state index contributed by atoms with van der Waals surface area (Å²) in [6.45, 7) is 1.19. The monoisotopic (exact) mass is 543 g/mol. The molecule has 3 aromatic rings. The van der Waals surface area contributed by atoms with Crippen LogP contribution in [0.4, 0.5) is 0 Å². The van der Waals surface area contributed by atoms with Crippen molar-refractivity contribution in [2.45, 2.75) is 32.2 Å². The Labute approximate surface area is 226 Å². The molecule has 9 nitrogen and oxygen atoms in total. The fourth-order valence-corrected chi connectivity index (χ4v) is 5.58. The van der Waals surface area contributed by atoms with Crippen LogP contribution in [-0.4, -0.2) is 59.6 Å². The number of fused-ring (bicyclic) bond motifs is 1. The largest absolute Gasteiger partial charge is 0.493 e. The van der Waals surface area contributed by atoms with Crippen LogP contribution in [0.5, 0.6) is 34.5 Å². The molecule has 0 amide bonds. The van der Waals surface area contributed by atoms with Gasteiger partial charge < -0.3 is 33.2 Å². The zero-order valence-electron chi connectivity index (χ0n) is 22.5. The van der Waals surface area contributed by atoms with Gasteiger partial charge in [0.25, 0.3) is 0 Å². The molecule has 1 aliphatic rings. The van der Waals surface area contributed by atoms with Crippen molar-refractivity contribution in [1.29, 1.82) is 0 Å². The minimum absolute atomic E-state index is 0.0708. The zero-order chi connectivity index (χ0) is 27.2. The van der Waals surface area contributed by atoms with Crippen LogP contribution < -0.4 is 28.4 Å². The summed E-state index contributed by atoms with van der Waals surface area (Å²) in [7, 11) is 9.39. The number of methoxy groups -OCH3 is 6. The number of carbonyl (C=O) groups is 1. The van der Waals surface area contributed by atoms with Crippen molar-refractivity contribution in [3.05, 3.63) is 57.3 Å². The number of carbonyl (C=O) groups excluding carboxylic acids is 1. The number of benzene rings is 2. The summed E-state index contributed by atoms with van der Waals surface area (Å²) in [5.41, 5.74) is 2.88. The number of rotatable bonds is 11. The Bertz CT molecular complexity index is 1220. The Kier molecular flexibility index (Phi) is 8.85. The first-order valence-corrected chi connectivity index (χ1v) is 12.9. The molecular weight excluding hydrogens is 510 g/mol. The van der Waals surface area contributed by atoms with Crippen molar-refractivity contribution in [3.63, 3.8) is 0 Å². The predicted octanol–water partition coefficient (Wildman–Crippen LogP) is 4.47. The van der Waals surface area contributed by atoms with Crippen LogP contribution in [-0.2, 0) is 35.6 Å². The lowest BCUT2D eigenvalue weighted by Gasteiger charge is -2.34. The molecule has 38 heavy (non-hydrogen) atoms. The quantitative estimate of drug-likeness (QED) is 0.325. The molecule has 0 fully saturated rings. The maximum absolute atomic E-state index is 13.5. The van der Waals surface area contributed by atoms with Crippen molar-refractivity contribution in [3.8, 4) is 34.5 Å². The fraction of sp³-hybridized carbons (Fsp3) is 0.393. The van der Waals surface area contributed by atoms with Gasteiger partial charge in [-0.1, -0.05) is 0 Å². The standard InChI is InChI=1S/C28H33NO8S/c1-31-21-9-17(10-22(32-2)26(21)35-5)14-29-15-19-7-8-38-25(19)13-20(29)28(30)37-16-18-11-23(33-3)27(36-6)24(12-18)34-4/h7-12,20H,13-16H2,1-6H3. The second-order valence-electron chi connectivity index (χ2n) is 8.67. The van der Waals surface area contributed by atoms with Crippen LogP contribution in [0, 0.1) is 0 Å². The molecule has 10 heteroatoms. The Morgan fingerprint density at radius 2 is 1.34 bits per heavy atom. The SMILES string of the molecule is COc1cc(COC(=O)C2Cc3sccc3CN2Cc2cc(OC)c(OC)c(OC)c2)cc(OC)c1OC. The highest BCUT2D eigenvalue weighted by molar-refractivity contribution is 7.10. The molecule has 0 saturated heterocycles. The smallest absolute Gasteiger partial charge is 0.324 e. The van der Waals surface area contributed by atoms with Crippen LogP contribution in [0.1, 0.15) is 21.6 Å². The maximum Gasteiger partial charge on any atom is 0.324 e. The molecule has 0 saturated carbocycles. The van der Waals surface area contributed by atoms with Crippen LogP contribution >= 0.6 is 11.3 Å². The van der Waals surface area contributed by atoms with E-state index in [2.05, 4.69) is 16.3 Å². The summed E-state index contributed by atoms with van der Waals surface area (Å²) < 4.78 is 38.6. The van der Waals surface area contributed by atoms with Gasteiger partial charge in [0.1, 0.15) is 12.6 Å². The molecule has 0 bridgehead atoms. The number of hydrogen-bond acceptors (Lipinski definition) is 10. The van der Waals surface area contributed by atoms with Crippen LogP contribution in [0.2, 0.25) is 0 Å². The van der Waals surface area contributed by atoms with E-state index in [9.17, 15) is 4.79 Å². The maximum atomic E-state index is 13.5. The molecule has 0 spiro atoms. The minimum atomic E-state index is -0.456. The van der Waals surface area contributed by atoms with Crippen LogP contribution in [0.25, 0.3) is 0 Å². The first-order chi connectivity index (χ1) is 18.5. The molecule has 1 aliphatic heterocycles. The van der Waals surface area contributed by atoms with Gasteiger partial charge in [0.15, 0.2) is 23.0 Å². The number of thiophene rings is 1. The highest BCUT2D eigenvalue weighted by Crippen LogP contribution is 2.40. The van der Waals surface area contributed by atoms with Gasteiger partial charge in [-0.25, -0.2) is 0 Å². The normalized spacial score (nSPS) is 14.8. The Hall–Kier alpha value is -3.63. The average molecular weight is 544 g/mol. The number of ether oxygens (including phenoxy) is 7. The summed E-state index contributed by atoms with van der Waals surface area (Å²) in [5, 5.41) is 2.06. The van der Waals surface area contributed by atoms with Gasteiger partial charge in [-0.15, -0.1) is 11.3 Å². The lowest BCUT2D eigenvalue weighted by atomic mass is 10.0. The summed E-state index contributed by atoms with van der Waals surface area (Å²) in [6.07, 6.45) is 0.575. The molecule has 0 aliphatic carbocycles. The average Bonchev–Trinajstić information content (AvgIpc) is 3.41. The Morgan fingerprint density at radius 3 is 1.84 bits per heavy atom. The molecular formula is C28H33NO8S. The molecule has 1 unspecified atom stereocenters. The lowest BCUT2D eigenvalue weighted by molar-refractivity contribution is -0.152. The lowest BCUT2D eigenvalue weighted by Crippen LogP contribution is -2.45. The number of esters is 1. The molecule has 0 N–H and O–H groups in total. The van der Waals surface area contributed by atoms with Crippen molar-refractivity contribution in [2.24, 2.45) is 0 Å².